The second-order valence-electron chi connectivity index (χ2n) is 5.03. The van der Waals surface area contributed by atoms with E-state index in [9.17, 15) is 0 Å². The Bertz CT molecular complexity index is 410. The van der Waals surface area contributed by atoms with Gasteiger partial charge in [0.1, 0.15) is 0 Å². The Hall–Kier alpha value is -1.36. The molecule has 1 fully saturated rings. The summed E-state index contributed by atoms with van der Waals surface area (Å²) in [5.41, 5.74) is 6.71. The Morgan fingerprint density at radius 3 is 2.89 bits per heavy atom. The largest absolute Gasteiger partial charge is 0.481 e. The molecular formula is C13H22N4O. The molecule has 0 amide bonds. The van der Waals surface area contributed by atoms with E-state index < -0.39 is 0 Å². The molecule has 0 spiro atoms. The first-order valence-corrected chi connectivity index (χ1v) is 6.50. The van der Waals surface area contributed by atoms with E-state index in [-0.39, 0.29) is 0 Å². The van der Waals surface area contributed by atoms with Gasteiger partial charge in [0.05, 0.1) is 7.11 Å². The Labute approximate surface area is 108 Å². The van der Waals surface area contributed by atoms with Crippen molar-refractivity contribution >= 4 is 5.95 Å². The second kappa shape index (κ2) is 5.52. The van der Waals surface area contributed by atoms with Crippen molar-refractivity contribution in [2.24, 2.45) is 11.7 Å². The molecule has 100 valence electrons. The van der Waals surface area contributed by atoms with E-state index in [0.717, 1.165) is 31.2 Å². The van der Waals surface area contributed by atoms with Crippen molar-refractivity contribution in [1.29, 1.82) is 0 Å². The van der Waals surface area contributed by atoms with Crippen LogP contribution in [0, 0.1) is 12.8 Å². The minimum atomic E-state index is 0.458. The molecule has 1 aromatic heterocycles. The van der Waals surface area contributed by atoms with Crippen LogP contribution in [-0.2, 0) is 0 Å². The fourth-order valence-corrected chi connectivity index (χ4v) is 2.41. The van der Waals surface area contributed by atoms with E-state index in [1.54, 1.807) is 7.11 Å². The monoisotopic (exact) mass is 250 g/mol. The first-order chi connectivity index (χ1) is 8.63. The molecule has 2 atom stereocenters. The fraction of sp³-hybridized carbons (Fsp3) is 0.692. The van der Waals surface area contributed by atoms with Crippen LogP contribution >= 0.6 is 0 Å². The summed E-state index contributed by atoms with van der Waals surface area (Å²) in [5.74, 6) is 1.92. The Morgan fingerprint density at radius 2 is 2.22 bits per heavy atom. The zero-order chi connectivity index (χ0) is 13.1. The zero-order valence-corrected chi connectivity index (χ0v) is 11.4. The van der Waals surface area contributed by atoms with Gasteiger partial charge >= 0.3 is 0 Å². The highest BCUT2D eigenvalue weighted by Crippen LogP contribution is 2.26. The van der Waals surface area contributed by atoms with Crippen molar-refractivity contribution in [2.75, 3.05) is 25.1 Å². The van der Waals surface area contributed by atoms with E-state index in [1.807, 2.05) is 13.0 Å². The van der Waals surface area contributed by atoms with E-state index >= 15 is 0 Å². The van der Waals surface area contributed by atoms with Crippen molar-refractivity contribution in [3.05, 3.63) is 11.8 Å². The van der Waals surface area contributed by atoms with Crippen molar-refractivity contribution < 1.29 is 4.74 Å². The summed E-state index contributed by atoms with van der Waals surface area (Å²) in [6, 6.07) is 2.30. The van der Waals surface area contributed by atoms with Crippen LogP contribution in [-0.4, -0.2) is 36.2 Å². The number of rotatable bonds is 3. The van der Waals surface area contributed by atoms with Gasteiger partial charge < -0.3 is 15.4 Å². The predicted octanol–water partition coefficient (Wildman–Crippen LogP) is 1.36. The minimum absolute atomic E-state index is 0.458. The molecule has 0 saturated carbocycles. The van der Waals surface area contributed by atoms with Gasteiger partial charge in [0.2, 0.25) is 11.8 Å². The van der Waals surface area contributed by atoms with E-state index in [4.69, 9.17) is 10.5 Å². The van der Waals surface area contributed by atoms with Gasteiger partial charge in [-0.3, -0.25) is 0 Å². The number of nitrogens with two attached hydrogens (primary N) is 1. The lowest BCUT2D eigenvalue weighted by molar-refractivity contribution is 0.364. The van der Waals surface area contributed by atoms with Crippen molar-refractivity contribution in [3.63, 3.8) is 0 Å². The molecule has 0 bridgehead atoms. The normalized spacial score (nSPS) is 24.1. The van der Waals surface area contributed by atoms with Gasteiger partial charge in [-0.05, 0) is 39.2 Å². The maximum absolute atomic E-state index is 5.78. The van der Waals surface area contributed by atoms with E-state index in [2.05, 4.69) is 21.8 Å². The van der Waals surface area contributed by atoms with Crippen LogP contribution in [0.2, 0.25) is 0 Å². The number of ether oxygens (including phenoxy) is 1. The zero-order valence-electron chi connectivity index (χ0n) is 11.4. The summed E-state index contributed by atoms with van der Waals surface area (Å²) in [5, 5.41) is 0. The lowest BCUT2D eigenvalue weighted by atomic mass is 9.94. The maximum Gasteiger partial charge on any atom is 0.229 e. The SMILES string of the molecule is COc1cc(C)nc(N2CC(CN)CCC2C)n1. The molecule has 2 unspecified atom stereocenters. The third-order valence-electron chi connectivity index (χ3n) is 3.60. The lowest BCUT2D eigenvalue weighted by Crippen LogP contribution is -2.44. The number of aromatic nitrogens is 2. The number of methoxy groups -OCH3 is 1. The number of hydrogen-bond donors (Lipinski definition) is 1. The Morgan fingerprint density at radius 1 is 1.44 bits per heavy atom. The molecule has 5 nitrogen and oxygen atoms in total. The number of piperidine rings is 1. The van der Waals surface area contributed by atoms with E-state index in [0.29, 0.717) is 17.8 Å². The van der Waals surface area contributed by atoms with Crippen molar-refractivity contribution in [3.8, 4) is 5.88 Å². The topological polar surface area (TPSA) is 64.3 Å². The molecule has 0 radical (unpaired) electrons. The summed E-state index contributed by atoms with van der Waals surface area (Å²) in [6.07, 6.45) is 2.33. The third kappa shape index (κ3) is 2.72. The summed E-state index contributed by atoms with van der Waals surface area (Å²) >= 11 is 0. The molecule has 2 N–H and O–H groups in total. The number of aryl methyl sites for hydroxylation is 1. The highest BCUT2D eigenvalue weighted by atomic mass is 16.5. The molecular weight excluding hydrogens is 228 g/mol. The number of nitrogens with zero attached hydrogens (tertiary/aromatic N) is 3. The summed E-state index contributed by atoms with van der Waals surface area (Å²) in [7, 11) is 1.63. The van der Waals surface area contributed by atoms with Crippen LogP contribution in [0.4, 0.5) is 5.95 Å². The van der Waals surface area contributed by atoms with E-state index in [1.165, 1.54) is 6.42 Å². The molecule has 0 aromatic carbocycles. The average Bonchev–Trinajstić information content (AvgIpc) is 2.38. The summed E-state index contributed by atoms with van der Waals surface area (Å²) in [4.78, 5) is 11.2. The van der Waals surface area contributed by atoms with Gasteiger partial charge in [-0.2, -0.15) is 4.98 Å². The number of hydrogen-bond acceptors (Lipinski definition) is 5. The van der Waals surface area contributed by atoms with Gasteiger partial charge in [0, 0.05) is 24.3 Å². The minimum Gasteiger partial charge on any atom is -0.481 e. The smallest absolute Gasteiger partial charge is 0.229 e. The van der Waals surface area contributed by atoms with Crippen molar-refractivity contribution in [1.82, 2.24) is 9.97 Å². The third-order valence-corrected chi connectivity index (χ3v) is 3.60. The lowest BCUT2D eigenvalue weighted by Gasteiger charge is -2.37. The fourth-order valence-electron chi connectivity index (χ4n) is 2.41. The van der Waals surface area contributed by atoms with Crippen LogP contribution in [0.3, 0.4) is 0 Å². The standard InChI is InChI=1S/C13H22N4O/c1-9-6-12(18-3)16-13(15-9)17-8-11(7-14)5-4-10(17)2/h6,10-11H,4-5,7-8,14H2,1-3H3. The second-order valence-corrected chi connectivity index (χ2v) is 5.03. The predicted molar refractivity (Wildman–Crippen MR) is 71.9 cm³/mol. The average molecular weight is 250 g/mol. The van der Waals surface area contributed by atoms with Gasteiger partial charge in [-0.25, -0.2) is 4.98 Å². The molecule has 18 heavy (non-hydrogen) atoms. The summed E-state index contributed by atoms with van der Waals surface area (Å²) in [6.45, 7) is 5.84. The summed E-state index contributed by atoms with van der Waals surface area (Å²) < 4.78 is 5.21. The Kier molecular flexibility index (Phi) is 4.01. The van der Waals surface area contributed by atoms with Gasteiger partial charge in [0.25, 0.3) is 0 Å². The first-order valence-electron chi connectivity index (χ1n) is 6.50. The molecule has 1 aliphatic rings. The molecule has 1 aromatic rings. The molecule has 1 saturated heterocycles. The maximum atomic E-state index is 5.78. The quantitative estimate of drug-likeness (QED) is 0.877. The molecule has 2 rings (SSSR count). The molecule has 5 heteroatoms. The number of anilines is 1. The van der Waals surface area contributed by atoms with Crippen molar-refractivity contribution in [2.45, 2.75) is 32.7 Å². The molecule has 0 aliphatic carbocycles. The van der Waals surface area contributed by atoms with Crippen LogP contribution in [0.5, 0.6) is 5.88 Å². The van der Waals surface area contributed by atoms with Crippen LogP contribution in [0.25, 0.3) is 0 Å². The van der Waals surface area contributed by atoms with Crippen LogP contribution in [0.1, 0.15) is 25.5 Å². The van der Waals surface area contributed by atoms with Gasteiger partial charge in [-0.1, -0.05) is 0 Å². The highest BCUT2D eigenvalue weighted by Gasteiger charge is 2.26. The molecule has 2 heterocycles. The van der Waals surface area contributed by atoms with Gasteiger partial charge in [0.15, 0.2) is 0 Å². The van der Waals surface area contributed by atoms with Crippen LogP contribution in [0.15, 0.2) is 6.07 Å². The first kappa shape index (κ1) is 13.1. The van der Waals surface area contributed by atoms with Crippen LogP contribution < -0.4 is 15.4 Å². The molecule has 1 aliphatic heterocycles. The Balaban J connectivity index is 2.25. The van der Waals surface area contributed by atoms with Gasteiger partial charge in [-0.15, -0.1) is 0 Å². The highest BCUT2D eigenvalue weighted by molar-refractivity contribution is 5.36.